The van der Waals surface area contributed by atoms with Gasteiger partial charge in [-0.05, 0) is 18.2 Å². The minimum absolute atomic E-state index is 0.160. The second-order valence-corrected chi connectivity index (χ2v) is 5.81. The molecular formula is C12H11N5O2S. The number of sulfonamides is 1. The van der Waals surface area contributed by atoms with Crippen LogP contribution in [-0.2, 0) is 10.0 Å². The Hall–Kier alpha value is -2.66. The highest BCUT2D eigenvalue weighted by Gasteiger charge is 2.26. The third-order valence-electron chi connectivity index (χ3n) is 2.68. The van der Waals surface area contributed by atoms with Gasteiger partial charge in [0, 0.05) is 19.4 Å². The van der Waals surface area contributed by atoms with Gasteiger partial charge in [-0.1, -0.05) is 0 Å². The number of nitrogen functional groups attached to an aromatic ring is 1. The Morgan fingerprint density at radius 3 is 2.75 bits per heavy atom. The van der Waals surface area contributed by atoms with E-state index in [4.69, 9.17) is 11.0 Å². The monoisotopic (exact) mass is 289 g/mol. The summed E-state index contributed by atoms with van der Waals surface area (Å²) in [5.74, 6) is 0. The molecule has 2 rings (SSSR count). The Balaban J connectivity index is 2.57. The molecule has 0 aliphatic carbocycles. The number of anilines is 2. The standard InChI is InChI=1S/C12H11N5O2S/c1-17(11-4-6-15-8-9(11)14)20(18,19)12-3-2-5-16-10(12)7-13/h2-6,8H,14H2,1H3. The fourth-order valence-corrected chi connectivity index (χ4v) is 2.96. The highest BCUT2D eigenvalue weighted by molar-refractivity contribution is 7.92. The van der Waals surface area contributed by atoms with Gasteiger partial charge in [0.15, 0.2) is 5.69 Å². The van der Waals surface area contributed by atoms with E-state index in [1.165, 1.54) is 43.8 Å². The Labute approximate surface area is 116 Å². The molecule has 0 spiro atoms. The molecule has 0 unspecified atom stereocenters. The first-order valence-corrected chi connectivity index (χ1v) is 6.96. The molecule has 2 aromatic rings. The first-order chi connectivity index (χ1) is 9.48. The summed E-state index contributed by atoms with van der Waals surface area (Å²) in [5, 5.41) is 8.96. The largest absolute Gasteiger partial charge is 0.396 e. The van der Waals surface area contributed by atoms with Crippen molar-refractivity contribution in [2.75, 3.05) is 17.1 Å². The van der Waals surface area contributed by atoms with Crippen molar-refractivity contribution in [1.29, 1.82) is 5.26 Å². The Morgan fingerprint density at radius 1 is 1.35 bits per heavy atom. The van der Waals surface area contributed by atoms with Gasteiger partial charge in [0.25, 0.3) is 10.0 Å². The van der Waals surface area contributed by atoms with Gasteiger partial charge in [-0.3, -0.25) is 9.29 Å². The van der Waals surface area contributed by atoms with Gasteiger partial charge in [0.05, 0.1) is 17.6 Å². The summed E-state index contributed by atoms with van der Waals surface area (Å²) in [5.41, 5.74) is 6.07. The smallest absolute Gasteiger partial charge is 0.267 e. The minimum atomic E-state index is -3.92. The van der Waals surface area contributed by atoms with Crippen LogP contribution < -0.4 is 10.0 Å². The van der Waals surface area contributed by atoms with Gasteiger partial charge >= 0.3 is 0 Å². The summed E-state index contributed by atoms with van der Waals surface area (Å²) in [6.45, 7) is 0. The van der Waals surface area contributed by atoms with Crippen LogP contribution >= 0.6 is 0 Å². The summed E-state index contributed by atoms with van der Waals surface area (Å²) < 4.78 is 26.0. The van der Waals surface area contributed by atoms with Crippen LogP contribution in [0.3, 0.4) is 0 Å². The molecule has 20 heavy (non-hydrogen) atoms. The van der Waals surface area contributed by atoms with E-state index in [1.807, 2.05) is 0 Å². The van der Waals surface area contributed by atoms with Gasteiger partial charge in [0.2, 0.25) is 0 Å². The number of rotatable bonds is 3. The molecule has 0 bridgehead atoms. The zero-order chi connectivity index (χ0) is 14.8. The second-order valence-electron chi connectivity index (χ2n) is 3.87. The fourth-order valence-electron chi connectivity index (χ4n) is 1.65. The molecule has 0 amide bonds. The first kappa shape index (κ1) is 13.8. The number of nitriles is 1. The molecule has 8 heteroatoms. The molecule has 0 radical (unpaired) electrons. The average molecular weight is 289 g/mol. The molecule has 2 heterocycles. The van der Waals surface area contributed by atoms with Crippen molar-refractivity contribution in [2.45, 2.75) is 4.90 Å². The lowest BCUT2D eigenvalue weighted by atomic mass is 10.3. The maximum atomic E-state index is 12.5. The van der Waals surface area contributed by atoms with Crippen molar-refractivity contribution in [3.05, 3.63) is 42.5 Å². The fraction of sp³-hybridized carbons (Fsp3) is 0.0833. The Kier molecular flexibility index (Phi) is 3.54. The predicted octanol–water partition coefficient (Wildman–Crippen LogP) is 0.756. The number of hydrogen-bond donors (Lipinski definition) is 1. The maximum Gasteiger partial charge on any atom is 0.267 e. The van der Waals surface area contributed by atoms with Crippen molar-refractivity contribution >= 4 is 21.4 Å². The van der Waals surface area contributed by atoms with Gasteiger partial charge in [-0.25, -0.2) is 13.4 Å². The number of pyridine rings is 2. The van der Waals surface area contributed by atoms with Crippen LogP contribution in [0.4, 0.5) is 11.4 Å². The van der Waals surface area contributed by atoms with Crippen molar-refractivity contribution in [3.8, 4) is 6.07 Å². The molecule has 0 aliphatic heterocycles. The van der Waals surface area contributed by atoms with E-state index in [0.717, 1.165) is 4.31 Å². The highest BCUT2D eigenvalue weighted by atomic mass is 32.2. The molecular weight excluding hydrogens is 278 g/mol. The molecule has 0 saturated carbocycles. The maximum absolute atomic E-state index is 12.5. The van der Waals surface area contributed by atoms with E-state index < -0.39 is 10.0 Å². The van der Waals surface area contributed by atoms with Gasteiger partial charge in [-0.15, -0.1) is 0 Å². The number of nitrogens with two attached hydrogens (primary N) is 1. The van der Waals surface area contributed by atoms with E-state index in [-0.39, 0.29) is 22.0 Å². The van der Waals surface area contributed by atoms with Gasteiger partial charge in [0.1, 0.15) is 11.0 Å². The lowest BCUT2D eigenvalue weighted by molar-refractivity contribution is 0.593. The lowest BCUT2D eigenvalue weighted by Gasteiger charge is -2.20. The highest BCUT2D eigenvalue weighted by Crippen LogP contribution is 2.27. The average Bonchev–Trinajstić information content (AvgIpc) is 2.47. The third-order valence-corrected chi connectivity index (χ3v) is 4.49. The summed E-state index contributed by atoms with van der Waals surface area (Å²) in [7, 11) is -2.56. The SMILES string of the molecule is CN(c1ccncc1N)S(=O)(=O)c1cccnc1C#N. The quantitative estimate of drug-likeness (QED) is 0.892. The molecule has 0 aliphatic rings. The van der Waals surface area contributed by atoms with E-state index in [1.54, 1.807) is 6.07 Å². The zero-order valence-corrected chi connectivity index (χ0v) is 11.4. The molecule has 0 fully saturated rings. The summed E-state index contributed by atoms with van der Waals surface area (Å²) in [6.07, 6.45) is 4.15. The summed E-state index contributed by atoms with van der Waals surface area (Å²) in [6, 6.07) is 6.03. The number of aromatic nitrogens is 2. The van der Waals surface area contributed by atoms with Gasteiger partial charge in [-0.2, -0.15) is 5.26 Å². The third kappa shape index (κ3) is 2.26. The minimum Gasteiger partial charge on any atom is -0.396 e. The first-order valence-electron chi connectivity index (χ1n) is 5.52. The molecule has 0 saturated heterocycles. The summed E-state index contributed by atoms with van der Waals surface area (Å²) in [4.78, 5) is 7.39. The van der Waals surface area contributed by atoms with Crippen LogP contribution in [0.5, 0.6) is 0 Å². The molecule has 2 aromatic heterocycles. The number of hydrogen-bond acceptors (Lipinski definition) is 6. The predicted molar refractivity (Wildman–Crippen MR) is 73.2 cm³/mol. The van der Waals surface area contributed by atoms with Crippen LogP contribution in [0.25, 0.3) is 0 Å². The van der Waals surface area contributed by atoms with Crippen molar-refractivity contribution in [2.24, 2.45) is 0 Å². The molecule has 102 valence electrons. The van der Waals surface area contributed by atoms with Crippen molar-refractivity contribution in [3.63, 3.8) is 0 Å². The van der Waals surface area contributed by atoms with Crippen molar-refractivity contribution in [1.82, 2.24) is 9.97 Å². The number of nitrogens with zero attached hydrogens (tertiary/aromatic N) is 4. The van der Waals surface area contributed by atoms with E-state index in [9.17, 15) is 8.42 Å². The van der Waals surface area contributed by atoms with E-state index in [2.05, 4.69) is 9.97 Å². The van der Waals surface area contributed by atoms with E-state index in [0.29, 0.717) is 0 Å². The Bertz CT molecular complexity index is 782. The van der Waals surface area contributed by atoms with Crippen LogP contribution in [-0.4, -0.2) is 25.4 Å². The van der Waals surface area contributed by atoms with Crippen LogP contribution in [0.2, 0.25) is 0 Å². The van der Waals surface area contributed by atoms with E-state index >= 15 is 0 Å². The molecule has 2 N–H and O–H groups in total. The Morgan fingerprint density at radius 2 is 2.10 bits per heavy atom. The van der Waals surface area contributed by atoms with Crippen molar-refractivity contribution < 1.29 is 8.42 Å². The summed E-state index contributed by atoms with van der Waals surface area (Å²) >= 11 is 0. The van der Waals surface area contributed by atoms with Crippen LogP contribution in [0.1, 0.15) is 5.69 Å². The lowest BCUT2D eigenvalue weighted by Crippen LogP contribution is -2.28. The second kappa shape index (κ2) is 5.14. The molecule has 0 aromatic carbocycles. The van der Waals surface area contributed by atoms with Gasteiger partial charge < -0.3 is 5.73 Å². The zero-order valence-electron chi connectivity index (χ0n) is 10.6. The normalized spacial score (nSPS) is 10.8. The van der Waals surface area contributed by atoms with Crippen LogP contribution in [0, 0.1) is 11.3 Å². The molecule has 7 nitrogen and oxygen atoms in total. The topological polar surface area (TPSA) is 113 Å². The molecule has 0 atom stereocenters. The van der Waals surface area contributed by atoms with Crippen LogP contribution in [0.15, 0.2) is 41.7 Å².